The Labute approximate surface area is 166 Å². The first kappa shape index (κ1) is 19.0. The van der Waals surface area contributed by atoms with Gasteiger partial charge in [0.2, 0.25) is 0 Å². The number of nitrogens with zero attached hydrogens (tertiary/aromatic N) is 5. The van der Waals surface area contributed by atoms with Crippen LogP contribution >= 0.6 is 0 Å². The number of hydrogen-bond acceptors (Lipinski definition) is 6. The summed E-state index contributed by atoms with van der Waals surface area (Å²) < 4.78 is 5.68. The molecule has 0 unspecified atom stereocenters. The Balaban J connectivity index is 1.39. The summed E-state index contributed by atoms with van der Waals surface area (Å²) in [5, 5.41) is 8.89. The van der Waals surface area contributed by atoms with E-state index in [1.807, 2.05) is 24.5 Å². The average Bonchev–Trinajstić information content (AvgIpc) is 2.76. The summed E-state index contributed by atoms with van der Waals surface area (Å²) in [6.07, 6.45) is 6.86. The first-order valence-electron chi connectivity index (χ1n) is 10.1. The second-order valence-electron chi connectivity index (χ2n) is 7.76. The Kier molecular flexibility index (Phi) is 5.96. The van der Waals surface area contributed by atoms with Gasteiger partial charge in [-0.25, -0.2) is 4.98 Å². The zero-order valence-corrected chi connectivity index (χ0v) is 16.3. The minimum Gasteiger partial charge on any atom is -0.381 e. The van der Waals surface area contributed by atoms with Gasteiger partial charge in [-0.2, -0.15) is 5.26 Å². The van der Waals surface area contributed by atoms with Crippen LogP contribution in [0.15, 0.2) is 42.7 Å². The predicted molar refractivity (Wildman–Crippen MR) is 107 cm³/mol. The summed E-state index contributed by atoms with van der Waals surface area (Å²) in [6, 6.07) is 12.1. The van der Waals surface area contributed by atoms with Crippen molar-refractivity contribution in [1.82, 2.24) is 19.8 Å². The maximum Gasteiger partial charge on any atom is 0.140 e. The topological polar surface area (TPSA) is 65.3 Å². The summed E-state index contributed by atoms with van der Waals surface area (Å²) in [5.74, 6) is 0. The average molecular weight is 377 g/mol. The van der Waals surface area contributed by atoms with E-state index in [1.165, 1.54) is 11.3 Å². The van der Waals surface area contributed by atoms with Crippen molar-refractivity contribution in [1.29, 1.82) is 5.26 Å². The van der Waals surface area contributed by atoms with E-state index >= 15 is 0 Å². The molecule has 0 saturated carbocycles. The summed E-state index contributed by atoms with van der Waals surface area (Å²) in [6.45, 7) is 6.79. The van der Waals surface area contributed by atoms with Crippen LogP contribution in [0.25, 0.3) is 0 Å². The third-order valence-corrected chi connectivity index (χ3v) is 6.05. The Morgan fingerprint density at radius 2 is 1.86 bits per heavy atom. The SMILES string of the molecule is N#Cc1ccc(CN2CCN(C3(Cc4ccccn4)CCOCC3)CC2)cn1. The van der Waals surface area contributed by atoms with Gasteiger partial charge in [0.25, 0.3) is 0 Å². The normalized spacial score (nSPS) is 20.5. The van der Waals surface area contributed by atoms with Crippen molar-refractivity contribution < 1.29 is 4.74 Å². The Hall–Kier alpha value is -2.33. The van der Waals surface area contributed by atoms with Gasteiger partial charge in [0, 0.05) is 76.0 Å². The lowest BCUT2D eigenvalue weighted by atomic mass is 9.82. The first-order valence-corrected chi connectivity index (χ1v) is 10.1. The number of aromatic nitrogens is 2. The standard InChI is InChI=1S/C22H27N5O/c23-16-21-5-4-19(17-25-21)18-26-9-11-27(12-10-26)22(6-13-28-14-7-22)15-20-3-1-2-8-24-20/h1-5,8,17H,6-7,9-15,18H2. The molecule has 2 aliphatic heterocycles. The Morgan fingerprint density at radius 1 is 1.04 bits per heavy atom. The van der Waals surface area contributed by atoms with Crippen LogP contribution in [0.4, 0.5) is 0 Å². The molecule has 4 heterocycles. The number of piperazine rings is 1. The molecule has 2 fully saturated rings. The Bertz CT molecular complexity index is 788. The number of nitriles is 1. The molecule has 6 nitrogen and oxygen atoms in total. The van der Waals surface area contributed by atoms with Crippen LogP contribution in [0.1, 0.15) is 29.8 Å². The lowest BCUT2D eigenvalue weighted by Gasteiger charge is -2.49. The fraction of sp³-hybridized carbons (Fsp3) is 0.500. The van der Waals surface area contributed by atoms with Gasteiger partial charge in [-0.3, -0.25) is 14.8 Å². The van der Waals surface area contributed by atoms with Gasteiger partial charge in [0.15, 0.2) is 0 Å². The molecule has 0 spiro atoms. The van der Waals surface area contributed by atoms with E-state index in [0.717, 1.165) is 65.2 Å². The first-order chi connectivity index (χ1) is 13.8. The smallest absolute Gasteiger partial charge is 0.140 e. The van der Waals surface area contributed by atoms with E-state index in [0.29, 0.717) is 5.69 Å². The molecule has 28 heavy (non-hydrogen) atoms. The van der Waals surface area contributed by atoms with E-state index < -0.39 is 0 Å². The van der Waals surface area contributed by atoms with Gasteiger partial charge in [0.05, 0.1) is 0 Å². The number of ether oxygens (including phenoxy) is 1. The zero-order valence-electron chi connectivity index (χ0n) is 16.3. The van der Waals surface area contributed by atoms with E-state index in [4.69, 9.17) is 10.00 Å². The molecule has 2 aliphatic rings. The van der Waals surface area contributed by atoms with Crippen LogP contribution in [0.5, 0.6) is 0 Å². The molecule has 0 aromatic carbocycles. The maximum absolute atomic E-state index is 8.89. The molecule has 4 rings (SSSR count). The van der Waals surface area contributed by atoms with Crippen molar-refractivity contribution in [3.8, 4) is 6.07 Å². The van der Waals surface area contributed by atoms with Gasteiger partial charge in [-0.1, -0.05) is 12.1 Å². The van der Waals surface area contributed by atoms with Crippen molar-refractivity contribution in [2.75, 3.05) is 39.4 Å². The van der Waals surface area contributed by atoms with Gasteiger partial charge in [0.1, 0.15) is 11.8 Å². The molecule has 6 heteroatoms. The van der Waals surface area contributed by atoms with Gasteiger partial charge in [-0.05, 0) is 36.6 Å². The van der Waals surface area contributed by atoms with Gasteiger partial charge in [-0.15, -0.1) is 0 Å². The van der Waals surface area contributed by atoms with E-state index in [9.17, 15) is 0 Å². The highest BCUT2D eigenvalue weighted by atomic mass is 16.5. The number of pyridine rings is 2. The van der Waals surface area contributed by atoms with Crippen molar-refractivity contribution in [2.24, 2.45) is 0 Å². The summed E-state index contributed by atoms with van der Waals surface area (Å²) in [5.41, 5.74) is 2.98. The Morgan fingerprint density at radius 3 is 2.50 bits per heavy atom. The summed E-state index contributed by atoms with van der Waals surface area (Å²) >= 11 is 0. The fourth-order valence-corrected chi connectivity index (χ4v) is 4.42. The second-order valence-corrected chi connectivity index (χ2v) is 7.76. The molecular formula is C22H27N5O. The number of rotatable bonds is 5. The van der Waals surface area contributed by atoms with E-state index in [-0.39, 0.29) is 5.54 Å². The molecule has 0 bridgehead atoms. The molecule has 0 amide bonds. The van der Waals surface area contributed by atoms with Crippen molar-refractivity contribution >= 4 is 0 Å². The van der Waals surface area contributed by atoms with Crippen LogP contribution < -0.4 is 0 Å². The summed E-state index contributed by atoms with van der Waals surface area (Å²) in [7, 11) is 0. The third-order valence-electron chi connectivity index (χ3n) is 6.05. The predicted octanol–water partition coefficient (Wildman–Crippen LogP) is 2.26. The van der Waals surface area contributed by atoms with Crippen LogP contribution in [-0.2, 0) is 17.7 Å². The van der Waals surface area contributed by atoms with E-state index in [2.05, 4.69) is 38.0 Å². The highest BCUT2D eigenvalue weighted by molar-refractivity contribution is 5.23. The van der Waals surface area contributed by atoms with Crippen LogP contribution in [0.3, 0.4) is 0 Å². The highest BCUT2D eigenvalue weighted by Gasteiger charge is 2.40. The molecule has 2 aromatic heterocycles. The molecule has 0 N–H and O–H groups in total. The van der Waals surface area contributed by atoms with Crippen LogP contribution in [0.2, 0.25) is 0 Å². The molecule has 0 radical (unpaired) electrons. The summed E-state index contributed by atoms with van der Waals surface area (Å²) in [4.78, 5) is 13.9. The highest BCUT2D eigenvalue weighted by Crippen LogP contribution is 2.32. The van der Waals surface area contributed by atoms with Crippen molar-refractivity contribution in [2.45, 2.75) is 31.3 Å². The lowest BCUT2D eigenvalue weighted by Crippen LogP contribution is -2.59. The van der Waals surface area contributed by atoms with Gasteiger partial charge >= 0.3 is 0 Å². The molecule has 146 valence electrons. The molecule has 0 aliphatic carbocycles. The van der Waals surface area contributed by atoms with Gasteiger partial charge < -0.3 is 4.74 Å². The van der Waals surface area contributed by atoms with Crippen molar-refractivity contribution in [3.63, 3.8) is 0 Å². The molecule has 2 aromatic rings. The van der Waals surface area contributed by atoms with Crippen LogP contribution in [-0.4, -0.2) is 64.7 Å². The third kappa shape index (κ3) is 4.39. The van der Waals surface area contributed by atoms with Crippen LogP contribution in [0, 0.1) is 11.3 Å². The number of hydrogen-bond donors (Lipinski definition) is 0. The maximum atomic E-state index is 8.89. The zero-order chi connectivity index (χ0) is 19.2. The fourth-order valence-electron chi connectivity index (χ4n) is 4.42. The quantitative estimate of drug-likeness (QED) is 0.796. The largest absolute Gasteiger partial charge is 0.381 e. The van der Waals surface area contributed by atoms with E-state index in [1.54, 1.807) is 6.07 Å². The minimum atomic E-state index is 0.161. The molecule has 2 saturated heterocycles. The lowest BCUT2D eigenvalue weighted by molar-refractivity contribution is -0.0484. The van der Waals surface area contributed by atoms with Crippen molar-refractivity contribution in [3.05, 3.63) is 59.7 Å². The minimum absolute atomic E-state index is 0.161. The molecular weight excluding hydrogens is 350 g/mol. The second kappa shape index (κ2) is 8.78. The monoisotopic (exact) mass is 377 g/mol. The molecule has 0 atom stereocenters.